The lowest BCUT2D eigenvalue weighted by Crippen LogP contribution is -2.43. The van der Waals surface area contributed by atoms with Gasteiger partial charge in [0.25, 0.3) is 0 Å². The Morgan fingerprint density at radius 2 is 2.00 bits per heavy atom. The van der Waals surface area contributed by atoms with Gasteiger partial charge >= 0.3 is 5.97 Å². The average Bonchev–Trinajstić information content (AvgIpc) is 2.15. The van der Waals surface area contributed by atoms with Crippen LogP contribution in [0.5, 0.6) is 0 Å². The first-order valence-corrected chi connectivity index (χ1v) is 4.67. The minimum Gasteiger partial charge on any atom is -0.480 e. The molecule has 0 spiro atoms. The van der Waals surface area contributed by atoms with E-state index in [-0.39, 0.29) is 24.9 Å². The predicted octanol–water partition coefficient (Wildman–Crippen LogP) is -0.0157. The minimum absolute atomic E-state index is 0.0392. The van der Waals surface area contributed by atoms with Gasteiger partial charge in [-0.1, -0.05) is 13.8 Å². The maximum atomic E-state index is 11.3. The first-order valence-electron chi connectivity index (χ1n) is 4.67. The van der Waals surface area contributed by atoms with Crippen LogP contribution in [-0.2, 0) is 9.59 Å². The molecule has 0 fully saturated rings. The van der Waals surface area contributed by atoms with E-state index in [1.165, 1.54) is 0 Å². The van der Waals surface area contributed by atoms with Crippen molar-refractivity contribution >= 4 is 11.9 Å². The Labute approximate surface area is 83.1 Å². The number of carbonyl (C=O) groups excluding carboxylic acids is 1. The van der Waals surface area contributed by atoms with Gasteiger partial charge in [-0.25, -0.2) is 4.79 Å². The van der Waals surface area contributed by atoms with E-state index >= 15 is 0 Å². The van der Waals surface area contributed by atoms with Gasteiger partial charge < -0.3 is 15.5 Å². The van der Waals surface area contributed by atoms with E-state index in [1.54, 1.807) is 6.92 Å². The molecule has 0 heterocycles. The van der Waals surface area contributed by atoms with Crippen molar-refractivity contribution in [3.8, 4) is 0 Å². The highest BCUT2D eigenvalue weighted by atomic mass is 16.4. The molecule has 0 radical (unpaired) electrons. The summed E-state index contributed by atoms with van der Waals surface area (Å²) in [6.45, 7) is 3.33. The number of hydrogen-bond donors (Lipinski definition) is 3. The molecule has 0 aromatic carbocycles. The van der Waals surface area contributed by atoms with Crippen molar-refractivity contribution in [1.29, 1.82) is 0 Å². The Bertz CT molecular complexity index is 205. The van der Waals surface area contributed by atoms with Gasteiger partial charge in [-0.05, 0) is 6.42 Å². The van der Waals surface area contributed by atoms with Crippen molar-refractivity contribution in [2.75, 3.05) is 6.61 Å². The lowest BCUT2D eigenvalue weighted by atomic mass is 10.1. The van der Waals surface area contributed by atoms with Crippen molar-refractivity contribution in [2.45, 2.75) is 32.7 Å². The summed E-state index contributed by atoms with van der Waals surface area (Å²) in [6, 6.07) is -0.985. The molecule has 0 aliphatic carbocycles. The van der Waals surface area contributed by atoms with Gasteiger partial charge in [0, 0.05) is 18.9 Å². The zero-order valence-corrected chi connectivity index (χ0v) is 8.49. The van der Waals surface area contributed by atoms with Crippen LogP contribution in [0.4, 0.5) is 0 Å². The highest BCUT2D eigenvalue weighted by Crippen LogP contribution is 2.02. The molecule has 2 atom stereocenters. The van der Waals surface area contributed by atoms with Crippen molar-refractivity contribution in [3.05, 3.63) is 0 Å². The summed E-state index contributed by atoms with van der Waals surface area (Å²) < 4.78 is 0. The molecule has 0 aliphatic rings. The lowest BCUT2D eigenvalue weighted by molar-refractivity contribution is -0.142. The molecule has 0 bridgehead atoms. The molecule has 5 heteroatoms. The molecule has 14 heavy (non-hydrogen) atoms. The zero-order valence-electron chi connectivity index (χ0n) is 8.49. The normalized spacial score (nSPS) is 14.5. The Balaban J connectivity index is 4.15. The van der Waals surface area contributed by atoms with E-state index < -0.39 is 12.0 Å². The highest BCUT2D eigenvalue weighted by Gasteiger charge is 2.21. The molecule has 2 unspecified atom stereocenters. The molecule has 0 aliphatic heterocycles. The number of aliphatic hydroxyl groups excluding tert-OH is 1. The largest absolute Gasteiger partial charge is 0.480 e. The number of aliphatic carboxylic acids is 1. The highest BCUT2D eigenvalue weighted by molar-refractivity contribution is 5.84. The maximum absolute atomic E-state index is 11.3. The van der Waals surface area contributed by atoms with E-state index in [2.05, 4.69) is 5.32 Å². The number of amides is 1. The van der Waals surface area contributed by atoms with Crippen LogP contribution in [0.3, 0.4) is 0 Å². The number of rotatable bonds is 6. The molecule has 0 aromatic rings. The molecular weight excluding hydrogens is 186 g/mol. The Morgan fingerprint density at radius 1 is 1.43 bits per heavy atom. The van der Waals surface area contributed by atoms with E-state index in [0.717, 1.165) is 0 Å². The number of carbonyl (C=O) groups is 2. The van der Waals surface area contributed by atoms with Gasteiger partial charge in [0.05, 0.1) is 0 Å². The summed E-state index contributed by atoms with van der Waals surface area (Å²) >= 11 is 0. The van der Waals surface area contributed by atoms with Crippen molar-refractivity contribution in [3.63, 3.8) is 0 Å². The van der Waals surface area contributed by atoms with Crippen LogP contribution in [-0.4, -0.2) is 34.7 Å². The SMILES string of the molecule is CCC(C)C(=O)NC(CCO)C(=O)O. The van der Waals surface area contributed by atoms with Crippen LogP contribution in [0.15, 0.2) is 0 Å². The quantitative estimate of drug-likeness (QED) is 0.566. The number of aliphatic hydroxyl groups is 1. The molecular formula is C9H17NO4. The summed E-state index contributed by atoms with van der Waals surface area (Å²) in [5.74, 6) is -1.60. The van der Waals surface area contributed by atoms with Gasteiger partial charge in [-0.2, -0.15) is 0 Å². The number of carboxylic acid groups (broad SMARTS) is 1. The van der Waals surface area contributed by atoms with Crippen molar-refractivity contribution in [2.24, 2.45) is 5.92 Å². The summed E-state index contributed by atoms with van der Waals surface area (Å²) in [5, 5.41) is 19.6. The lowest BCUT2D eigenvalue weighted by Gasteiger charge is -2.15. The van der Waals surface area contributed by atoms with Crippen LogP contribution >= 0.6 is 0 Å². The van der Waals surface area contributed by atoms with Gasteiger partial charge in [0.15, 0.2) is 0 Å². The first-order chi connectivity index (χ1) is 6.52. The fourth-order valence-electron chi connectivity index (χ4n) is 0.886. The molecule has 5 nitrogen and oxygen atoms in total. The molecule has 0 aromatic heterocycles. The van der Waals surface area contributed by atoms with E-state index in [0.29, 0.717) is 6.42 Å². The summed E-state index contributed by atoms with van der Waals surface area (Å²) in [4.78, 5) is 21.9. The Kier molecular flexibility index (Phi) is 5.87. The minimum atomic E-state index is -1.12. The number of carboxylic acids is 1. The second-order valence-corrected chi connectivity index (χ2v) is 3.22. The fourth-order valence-corrected chi connectivity index (χ4v) is 0.886. The topological polar surface area (TPSA) is 86.6 Å². The Hall–Kier alpha value is -1.10. The zero-order chi connectivity index (χ0) is 11.1. The summed E-state index contributed by atoms with van der Waals surface area (Å²) in [7, 11) is 0. The maximum Gasteiger partial charge on any atom is 0.326 e. The van der Waals surface area contributed by atoms with Gasteiger partial charge in [-0.15, -0.1) is 0 Å². The second-order valence-electron chi connectivity index (χ2n) is 3.22. The molecule has 0 saturated carbocycles. The molecule has 0 rings (SSSR count). The molecule has 1 amide bonds. The number of nitrogens with one attached hydrogen (secondary N) is 1. The van der Waals surface area contributed by atoms with Crippen molar-refractivity contribution < 1.29 is 19.8 Å². The smallest absolute Gasteiger partial charge is 0.326 e. The van der Waals surface area contributed by atoms with Crippen LogP contribution < -0.4 is 5.32 Å². The predicted molar refractivity (Wildman–Crippen MR) is 50.7 cm³/mol. The summed E-state index contributed by atoms with van der Waals surface area (Å²) in [6.07, 6.45) is 0.703. The second kappa shape index (κ2) is 6.37. The Morgan fingerprint density at radius 3 is 2.36 bits per heavy atom. The molecule has 0 saturated heterocycles. The average molecular weight is 203 g/mol. The van der Waals surface area contributed by atoms with E-state index in [1.807, 2.05) is 6.92 Å². The van der Waals surface area contributed by atoms with Crippen molar-refractivity contribution in [1.82, 2.24) is 5.32 Å². The third kappa shape index (κ3) is 4.23. The monoisotopic (exact) mass is 203 g/mol. The first kappa shape index (κ1) is 12.9. The van der Waals surface area contributed by atoms with Gasteiger partial charge in [-0.3, -0.25) is 4.79 Å². The van der Waals surface area contributed by atoms with E-state index in [9.17, 15) is 9.59 Å². The van der Waals surface area contributed by atoms with E-state index in [4.69, 9.17) is 10.2 Å². The van der Waals surface area contributed by atoms with Gasteiger partial charge in [0.1, 0.15) is 6.04 Å². The van der Waals surface area contributed by atoms with Crippen LogP contribution in [0.1, 0.15) is 26.7 Å². The number of hydrogen-bond acceptors (Lipinski definition) is 3. The summed E-state index contributed by atoms with van der Waals surface area (Å²) in [5.41, 5.74) is 0. The fraction of sp³-hybridized carbons (Fsp3) is 0.778. The van der Waals surface area contributed by atoms with Crippen LogP contribution in [0.2, 0.25) is 0 Å². The van der Waals surface area contributed by atoms with Gasteiger partial charge in [0.2, 0.25) is 5.91 Å². The standard InChI is InChI=1S/C9H17NO4/c1-3-6(2)8(12)10-7(4-5-11)9(13)14/h6-7,11H,3-5H2,1-2H3,(H,10,12)(H,13,14). The molecule has 82 valence electrons. The third-order valence-corrected chi connectivity index (χ3v) is 2.09. The van der Waals surface area contributed by atoms with Crippen LogP contribution in [0, 0.1) is 5.92 Å². The van der Waals surface area contributed by atoms with Crippen LogP contribution in [0.25, 0.3) is 0 Å². The molecule has 3 N–H and O–H groups in total. The third-order valence-electron chi connectivity index (χ3n) is 2.09.